The van der Waals surface area contributed by atoms with Gasteiger partial charge in [0.1, 0.15) is 11.7 Å². The smallest absolute Gasteiger partial charge is 0.323 e. The molecule has 0 radical (unpaired) electrons. The SMILES string of the molecule is [2H]C([2H])(c1ccnc2[nH]ccc12)n1ccc2c(NC(=O)Nc3ccccc3C#N)cccc21. The van der Waals surface area contributed by atoms with Gasteiger partial charge in [-0.15, -0.1) is 0 Å². The summed E-state index contributed by atoms with van der Waals surface area (Å²) in [5.74, 6) is 0. The standard InChI is InChI=1S/C24H18N6O/c25-14-16-4-1-2-5-20(16)28-24(31)29-21-6-3-7-22-19(21)10-13-30(22)15-17-8-11-26-23-18(17)9-12-27-23/h1-13H,15H2,(H,26,27)(H2,28,29,31)/i15D2. The minimum Gasteiger partial charge on any atom is -0.346 e. The number of nitrogens with one attached hydrogen (secondary N) is 3. The molecule has 3 heterocycles. The molecule has 0 aliphatic carbocycles. The van der Waals surface area contributed by atoms with E-state index in [1.54, 1.807) is 79.3 Å². The zero-order chi connectivity index (χ0) is 23.0. The summed E-state index contributed by atoms with van der Waals surface area (Å²) < 4.78 is 19.3. The average molecular weight is 408 g/mol. The molecule has 3 aromatic heterocycles. The van der Waals surface area contributed by atoms with Gasteiger partial charge in [-0.2, -0.15) is 5.26 Å². The highest BCUT2D eigenvalue weighted by molar-refractivity contribution is 6.06. The second-order valence-electron chi connectivity index (χ2n) is 6.87. The summed E-state index contributed by atoms with van der Waals surface area (Å²) in [7, 11) is 0. The van der Waals surface area contributed by atoms with Crippen LogP contribution in [-0.4, -0.2) is 20.6 Å². The van der Waals surface area contributed by atoms with E-state index in [0.29, 0.717) is 44.4 Å². The molecular weight excluding hydrogens is 388 g/mol. The average Bonchev–Trinajstić information content (AvgIpc) is 3.47. The summed E-state index contributed by atoms with van der Waals surface area (Å²) in [4.78, 5) is 19.9. The van der Waals surface area contributed by atoms with Crippen LogP contribution >= 0.6 is 0 Å². The number of nitriles is 1. The number of hydrogen-bond donors (Lipinski definition) is 3. The maximum absolute atomic E-state index is 12.6. The summed E-state index contributed by atoms with van der Waals surface area (Å²) in [6, 6.07) is 18.8. The Hall–Kier alpha value is -4.57. The first-order valence-electron chi connectivity index (χ1n) is 10.6. The van der Waals surface area contributed by atoms with Gasteiger partial charge >= 0.3 is 6.03 Å². The zero-order valence-electron chi connectivity index (χ0n) is 18.3. The Morgan fingerprint density at radius 2 is 1.90 bits per heavy atom. The molecule has 7 heteroatoms. The summed E-state index contributed by atoms with van der Waals surface area (Å²) in [5, 5.41) is 16.1. The van der Waals surface area contributed by atoms with Crippen molar-refractivity contribution < 1.29 is 7.54 Å². The number of hydrogen-bond acceptors (Lipinski definition) is 3. The molecular formula is C24H18N6O. The van der Waals surface area contributed by atoms with Gasteiger partial charge in [-0.05, 0) is 48.0 Å². The van der Waals surface area contributed by atoms with Crippen LogP contribution < -0.4 is 10.6 Å². The number of nitrogens with zero attached hydrogens (tertiary/aromatic N) is 3. The first kappa shape index (κ1) is 16.3. The Labute approximate surface area is 180 Å². The van der Waals surface area contributed by atoms with Gasteiger partial charge < -0.3 is 20.2 Å². The van der Waals surface area contributed by atoms with Crippen molar-refractivity contribution in [3.8, 4) is 6.07 Å². The molecule has 2 aromatic carbocycles. The molecule has 0 atom stereocenters. The number of benzene rings is 2. The number of H-pyrrole nitrogens is 1. The van der Waals surface area contributed by atoms with E-state index in [4.69, 9.17) is 2.74 Å². The number of aromatic amines is 1. The van der Waals surface area contributed by atoms with Gasteiger partial charge in [0.2, 0.25) is 0 Å². The molecule has 0 unspecified atom stereocenters. The van der Waals surface area contributed by atoms with Gasteiger partial charge in [-0.3, -0.25) is 0 Å². The lowest BCUT2D eigenvalue weighted by Crippen LogP contribution is -2.20. The molecule has 7 nitrogen and oxygen atoms in total. The molecule has 0 fully saturated rings. The predicted molar refractivity (Wildman–Crippen MR) is 121 cm³/mol. The highest BCUT2D eigenvalue weighted by Gasteiger charge is 2.11. The summed E-state index contributed by atoms with van der Waals surface area (Å²) in [6.45, 7) is -1.86. The molecule has 0 aliphatic heterocycles. The van der Waals surface area contributed by atoms with Crippen molar-refractivity contribution in [3.63, 3.8) is 0 Å². The largest absolute Gasteiger partial charge is 0.346 e. The van der Waals surface area contributed by atoms with Crippen LogP contribution in [0.15, 0.2) is 79.3 Å². The quantitative estimate of drug-likeness (QED) is 0.387. The van der Waals surface area contributed by atoms with Gasteiger partial charge in [0, 0.05) is 35.9 Å². The van der Waals surface area contributed by atoms with E-state index in [9.17, 15) is 10.1 Å². The number of amides is 2. The second-order valence-corrected chi connectivity index (χ2v) is 6.87. The van der Waals surface area contributed by atoms with Crippen LogP contribution in [-0.2, 0) is 6.50 Å². The van der Waals surface area contributed by atoms with E-state index < -0.39 is 12.5 Å². The van der Waals surface area contributed by atoms with Crippen LogP contribution in [0.25, 0.3) is 21.9 Å². The third-order valence-electron chi connectivity index (χ3n) is 4.98. The molecule has 0 saturated carbocycles. The third kappa shape index (κ3) is 3.47. The first-order valence-corrected chi connectivity index (χ1v) is 9.59. The van der Waals surface area contributed by atoms with E-state index in [1.807, 2.05) is 6.07 Å². The van der Waals surface area contributed by atoms with Gasteiger partial charge in [0.25, 0.3) is 0 Å². The van der Waals surface area contributed by atoms with Gasteiger partial charge in [-0.25, -0.2) is 9.78 Å². The number of pyridine rings is 1. The van der Waals surface area contributed by atoms with Crippen molar-refractivity contribution >= 4 is 39.3 Å². The molecule has 150 valence electrons. The second kappa shape index (κ2) is 7.69. The monoisotopic (exact) mass is 408 g/mol. The molecule has 3 N–H and O–H groups in total. The molecule has 5 aromatic rings. The van der Waals surface area contributed by atoms with Crippen molar-refractivity contribution in [2.45, 2.75) is 6.50 Å². The predicted octanol–water partition coefficient (Wildman–Crippen LogP) is 5.08. The molecule has 0 spiro atoms. The molecule has 0 aliphatic rings. The fourth-order valence-corrected chi connectivity index (χ4v) is 3.53. The number of aromatic nitrogens is 3. The fraction of sp³-hybridized carbons (Fsp3) is 0.0417. The Morgan fingerprint density at radius 1 is 1.06 bits per heavy atom. The highest BCUT2D eigenvalue weighted by Crippen LogP contribution is 2.27. The van der Waals surface area contributed by atoms with E-state index >= 15 is 0 Å². The maximum atomic E-state index is 12.6. The zero-order valence-corrected chi connectivity index (χ0v) is 16.3. The van der Waals surface area contributed by atoms with Crippen LogP contribution in [0.3, 0.4) is 0 Å². The lowest BCUT2D eigenvalue weighted by Gasteiger charge is -2.11. The molecule has 0 saturated heterocycles. The minimum absolute atomic E-state index is 0.360. The van der Waals surface area contributed by atoms with Crippen LogP contribution in [0.5, 0.6) is 0 Å². The third-order valence-corrected chi connectivity index (χ3v) is 4.98. The molecule has 31 heavy (non-hydrogen) atoms. The lowest BCUT2D eigenvalue weighted by atomic mass is 10.2. The number of carbonyl (C=O) groups is 1. The normalized spacial score (nSPS) is 12.2. The van der Waals surface area contributed by atoms with Crippen LogP contribution in [0, 0.1) is 11.3 Å². The van der Waals surface area contributed by atoms with Crippen LogP contribution in [0.1, 0.15) is 13.9 Å². The maximum Gasteiger partial charge on any atom is 0.323 e. The highest BCUT2D eigenvalue weighted by atomic mass is 16.2. The van der Waals surface area contributed by atoms with Gasteiger partial charge in [-0.1, -0.05) is 18.2 Å². The Bertz CT molecular complexity index is 1550. The molecule has 2 amide bonds. The van der Waals surface area contributed by atoms with Gasteiger partial charge in [0.15, 0.2) is 0 Å². The van der Waals surface area contributed by atoms with Crippen molar-refractivity contribution in [1.82, 2.24) is 14.5 Å². The number of urea groups is 1. The van der Waals surface area contributed by atoms with Gasteiger partial charge in [0.05, 0.1) is 25.2 Å². The van der Waals surface area contributed by atoms with Crippen LogP contribution in [0.4, 0.5) is 16.2 Å². The summed E-state index contributed by atoms with van der Waals surface area (Å²) in [5.41, 5.74) is 3.01. The van der Waals surface area contributed by atoms with E-state index in [0.717, 1.165) is 0 Å². The number of anilines is 2. The summed E-state index contributed by atoms with van der Waals surface area (Å²) >= 11 is 0. The van der Waals surface area contributed by atoms with Crippen molar-refractivity contribution in [1.29, 1.82) is 5.26 Å². The summed E-state index contributed by atoms with van der Waals surface area (Å²) in [6.07, 6.45) is 4.97. The van der Waals surface area contributed by atoms with Crippen molar-refractivity contribution in [2.75, 3.05) is 10.6 Å². The number of carbonyl (C=O) groups excluding carboxylic acids is 1. The van der Waals surface area contributed by atoms with E-state index in [2.05, 4.69) is 20.6 Å². The Morgan fingerprint density at radius 3 is 2.81 bits per heavy atom. The van der Waals surface area contributed by atoms with E-state index in [-0.39, 0.29) is 0 Å². The first-order chi connectivity index (χ1) is 16.0. The fourth-order valence-electron chi connectivity index (χ4n) is 3.53. The Kier molecular flexibility index (Phi) is 4.03. The molecule has 0 bridgehead atoms. The minimum atomic E-state index is -1.86. The Balaban J connectivity index is 1.49. The van der Waals surface area contributed by atoms with Crippen LogP contribution in [0.2, 0.25) is 0 Å². The van der Waals surface area contributed by atoms with E-state index in [1.165, 1.54) is 4.57 Å². The number of para-hydroxylation sites is 1. The number of fused-ring (bicyclic) bond motifs is 2. The van der Waals surface area contributed by atoms with Crippen molar-refractivity contribution in [3.05, 3.63) is 90.4 Å². The number of rotatable bonds is 4. The molecule has 5 rings (SSSR count). The lowest BCUT2D eigenvalue weighted by molar-refractivity contribution is 0.262. The topological polar surface area (TPSA) is 98.5 Å². The van der Waals surface area contributed by atoms with Crippen molar-refractivity contribution in [2.24, 2.45) is 0 Å².